The Bertz CT molecular complexity index is 583. The van der Waals surface area contributed by atoms with Gasteiger partial charge < -0.3 is 9.47 Å². The van der Waals surface area contributed by atoms with Gasteiger partial charge in [0.2, 0.25) is 0 Å². The molecule has 0 atom stereocenters. The molecule has 0 aliphatic carbocycles. The Labute approximate surface area is 136 Å². The molecule has 0 fully saturated rings. The van der Waals surface area contributed by atoms with E-state index in [4.69, 9.17) is 21.1 Å². The van der Waals surface area contributed by atoms with Gasteiger partial charge in [0.1, 0.15) is 6.61 Å². The Morgan fingerprint density at radius 1 is 1.25 bits per heavy atom. The summed E-state index contributed by atoms with van der Waals surface area (Å²) >= 11 is 11.4. The number of hydrogen-bond acceptors (Lipinski definition) is 3. The summed E-state index contributed by atoms with van der Waals surface area (Å²) < 4.78 is 11.2. The summed E-state index contributed by atoms with van der Waals surface area (Å²) in [7, 11) is 1.62. The number of benzene rings is 1. The highest BCUT2D eigenvalue weighted by atomic mass is 79.9. The van der Waals surface area contributed by atoms with Gasteiger partial charge in [-0.1, -0.05) is 34.5 Å². The van der Waals surface area contributed by atoms with Crippen molar-refractivity contribution in [2.24, 2.45) is 0 Å². The zero-order valence-corrected chi connectivity index (χ0v) is 14.6. The number of hydrogen-bond donors (Lipinski definition) is 0. The monoisotopic (exact) mass is 374 g/mol. The first kappa shape index (κ1) is 15.7. The third kappa shape index (κ3) is 3.68. The average molecular weight is 376 g/mol. The van der Waals surface area contributed by atoms with Crippen molar-refractivity contribution < 1.29 is 9.47 Å². The average Bonchev–Trinajstić information content (AvgIpc) is 2.93. The predicted molar refractivity (Wildman–Crippen MR) is 88.7 cm³/mol. The highest BCUT2D eigenvalue weighted by molar-refractivity contribution is 9.08. The molecule has 0 bridgehead atoms. The number of halogens is 2. The van der Waals surface area contributed by atoms with E-state index in [9.17, 15) is 0 Å². The molecule has 0 aliphatic rings. The lowest BCUT2D eigenvalue weighted by atomic mass is 10.2. The minimum absolute atomic E-state index is 0.508. The number of rotatable bonds is 6. The molecule has 0 radical (unpaired) electrons. The van der Waals surface area contributed by atoms with Crippen molar-refractivity contribution in [1.82, 2.24) is 0 Å². The standard InChI is InChI=1S/C15H16BrClO2S/c1-3-11-4-5-12(20-11)9-19-15-13(17)6-10(8-16)7-14(15)18-2/h4-7H,3,8-9H2,1-2H3. The van der Waals surface area contributed by atoms with Gasteiger partial charge in [0, 0.05) is 15.1 Å². The van der Waals surface area contributed by atoms with Crippen LogP contribution in [0.2, 0.25) is 5.02 Å². The van der Waals surface area contributed by atoms with Crippen molar-refractivity contribution in [3.05, 3.63) is 44.6 Å². The van der Waals surface area contributed by atoms with E-state index in [2.05, 4.69) is 35.0 Å². The van der Waals surface area contributed by atoms with E-state index in [0.29, 0.717) is 23.1 Å². The Hall–Kier alpha value is -0.710. The summed E-state index contributed by atoms with van der Waals surface area (Å²) in [6, 6.07) is 8.05. The van der Waals surface area contributed by atoms with Crippen LogP contribution in [-0.4, -0.2) is 7.11 Å². The number of aryl methyl sites for hydroxylation is 1. The first-order chi connectivity index (χ1) is 9.67. The van der Waals surface area contributed by atoms with Crippen LogP contribution in [0.25, 0.3) is 0 Å². The Morgan fingerprint density at radius 3 is 2.60 bits per heavy atom. The molecule has 0 saturated carbocycles. The zero-order chi connectivity index (χ0) is 14.5. The highest BCUT2D eigenvalue weighted by Crippen LogP contribution is 2.37. The van der Waals surface area contributed by atoms with E-state index in [-0.39, 0.29) is 0 Å². The van der Waals surface area contributed by atoms with Crippen molar-refractivity contribution in [2.45, 2.75) is 25.3 Å². The molecule has 2 aromatic rings. The SMILES string of the molecule is CCc1ccc(COc2c(Cl)cc(CBr)cc2OC)s1. The van der Waals surface area contributed by atoms with E-state index in [0.717, 1.165) is 17.3 Å². The second-order valence-corrected chi connectivity index (χ2v) is 6.47. The van der Waals surface area contributed by atoms with Crippen LogP contribution < -0.4 is 9.47 Å². The Balaban J connectivity index is 2.16. The van der Waals surface area contributed by atoms with Crippen molar-refractivity contribution in [2.75, 3.05) is 7.11 Å². The van der Waals surface area contributed by atoms with Crippen LogP contribution in [0.5, 0.6) is 11.5 Å². The molecule has 1 aromatic carbocycles. The lowest BCUT2D eigenvalue weighted by Crippen LogP contribution is -1.98. The second-order valence-electron chi connectivity index (χ2n) is 4.25. The minimum Gasteiger partial charge on any atom is -0.493 e. The van der Waals surface area contributed by atoms with E-state index in [1.54, 1.807) is 18.4 Å². The molecule has 0 unspecified atom stereocenters. The van der Waals surface area contributed by atoms with Gasteiger partial charge in [-0.05, 0) is 36.2 Å². The van der Waals surface area contributed by atoms with Crippen LogP contribution in [0.1, 0.15) is 22.2 Å². The fraction of sp³-hybridized carbons (Fsp3) is 0.333. The van der Waals surface area contributed by atoms with Gasteiger partial charge >= 0.3 is 0 Å². The number of ether oxygens (including phenoxy) is 2. The lowest BCUT2D eigenvalue weighted by molar-refractivity contribution is 0.287. The van der Waals surface area contributed by atoms with Crippen molar-refractivity contribution in [3.8, 4) is 11.5 Å². The molecule has 2 nitrogen and oxygen atoms in total. The molecule has 0 amide bonds. The molecule has 1 heterocycles. The van der Waals surface area contributed by atoms with Crippen LogP contribution in [0, 0.1) is 0 Å². The molecule has 0 saturated heterocycles. The van der Waals surface area contributed by atoms with Gasteiger partial charge in [0.25, 0.3) is 0 Å². The van der Waals surface area contributed by atoms with E-state index in [1.165, 1.54) is 9.75 Å². The molecular formula is C15H16BrClO2S. The molecular weight excluding hydrogens is 360 g/mol. The summed E-state index contributed by atoms with van der Waals surface area (Å²) in [6.45, 7) is 2.66. The predicted octanol–water partition coefficient (Wildman–Crippen LogP) is 5.45. The van der Waals surface area contributed by atoms with Crippen LogP contribution in [-0.2, 0) is 18.4 Å². The number of alkyl halides is 1. The number of thiophene rings is 1. The Kier molecular flexibility index (Phi) is 5.75. The van der Waals surface area contributed by atoms with Crippen molar-refractivity contribution >= 4 is 38.9 Å². The van der Waals surface area contributed by atoms with Gasteiger partial charge in [-0.3, -0.25) is 0 Å². The van der Waals surface area contributed by atoms with Crippen molar-refractivity contribution in [3.63, 3.8) is 0 Å². The first-order valence-corrected chi connectivity index (χ1v) is 8.62. The largest absolute Gasteiger partial charge is 0.493 e. The highest BCUT2D eigenvalue weighted by Gasteiger charge is 2.12. The molecule has 2 rings (SSSR count). The van der Waals surface area contributed by atoms with Crippen LogP contribution >= 0.6 is 38.9 Å². The van der Waals surface area contributed by atoms with Gasteiger partial charge in [-0.15, -0.1) is 11.3 Å². The second kappa shape index (κ2) is 7.34. The number of methoxy groups -OCH3 is 1. The molecule has 0 N–H and O–H groups in total. The van der Waals surface area contributed by atoms with Crippen LogP contribution in [0.4, 0.5) is 0 Å². The third-order valence-corrected chi connectivity index (χ3v) is 5.00. The minimum atomic E-state index is 0.508. The summed E-state index contributed by atoms with van der Waals surface area (Å²) in [5.41, 5.74) is 1.06. The molecule has 108 valence electrons. The zero-order valence-electron chi connectivity index (χ0n) is 11.4. The molecule has 1 aromatic heterocycles. The topological polar surface area (TPSA) is 18.5 Å². The van der Waals surface area contributed by atoms with Crippen LogP contribution in [0.15, 0.2) is 24.3 Å². The lowest BCUT2D eigenvalue weighted by Gasteiger charge is -2.13. The van der Waals surface area contributed by atoms with Gasteiger partial charge in [-0.2, -0.15) is 0 Å². The normalized spacial score (nSPS) is 10.6. The summed E-state index contributed by atoms with van der Waals surface area (Å²) in [5.74, 6) is 1.27. The van der Waals surface area contributed by atoms with Crippen molar-refractivity contribution in [1.29, 1.82) is 0 Å². The summed E-state index contributed by atoms with van der Waals surface area (Å²) in [6.07, 6.45) is 1.05. The molecule has 0 aliphatic heterocycles. The molecule has 20 heavy (non-hydrogen) atoms. The van der Waals surface area contributed by atoms with Crippen LogP contribution in [0.3, 0.4) is 0 Å². The van der Waals surface area contributed by atoms with Gasteiger partial charge in [-0.25, -0.2) is 0 Å². The quantitative estimate of drug-likeness (QED) is 0.625. The third-order valence-electron chi connectivity index (χ3n) is 2.87. The summed E-state index contributed by atoms with van der Waals surface area (Å²) in [4.78, 5) is 2.54. The van der Waals surface area contributed by atoms with E-state index >= 15 is 0 Å². The maximum absolute atomic E-state index is 6.27. The Morgan fingerprint density at radius 2 is 2.00 bits per heavy atom. The fourth-order valence-corrected chi connectivity index (χ4v) is 3.31. The van der Waals surface area contributed by atoms with E-state index in [1.807, 2.05) is 12.1 Å². The summed E-state index contributed by atoms with van der Waals surface area (Å²) in [5, 5.41) is 1.31. The smallest absolute Gasteiger partial charge is 0.180 e. The molecule has 0 spiro atoms. The van der Waals surface area contributed by atoms with E-state index < -0.39 is 0 Å². The maximum Gasteiger partial charge on any atom is 0.180 e. The fourth-order valence-electron chi connectivity index (χ4n) is 1.82. The van der Waals surface area contributed by atoms with Gasteiger partial charge in [0.15, 0.2) is 11.5 Å². The molecule has 5 heteroatoms. The maximum atomic E-state index is 6.27. The van der Waals surface area contributed by atoms with Gasteiger partial charge in [0.05, 0.1) is 12.1 Å². The first-order valence-electron chi connectivity index (χ1n) is 6.30.